The number of fused-ring (bicyclic) bond motifs is 1. The van der Waals surface area contributed by atoms with Gasteiger partial charge in [0.05, 0.1) is 19.3 Å². The van der Waals surface area contributed by atoms with Gasteiger partial charge in [-0.05, 0) is 24.5 Å². The van der Waals surface area contributed by atoms with Gasteiger partial charge in [-0.15, -0.1) is 24.0 Å². The van der Waals surface area contributed by atoms with Gasteiger partial charge in [-0.25, -0.2) is 0 Å². The van der Waals surface area contributed by atoms with Crippen LogP contribution in [0.15, 0.2) is 23.2 Å². The van der Waals surface area contributed by atoms with Crippen LogP contribution in [0.5, 0.6) is 11.5 Å². The maximum absolute atomic E-state index is 6.04. The van der Waals surface area contributed by atoms with Crippen LogP contribution in [0.4, 0.5) is 5.69 Å². The number of ether oxygens (including phenoxy) is 3. The predicted octanol–water partition coefficient (Wildman–Crippen LogP) is 3.25. The number of nitrogens with zero attached hydrogens (tertiary/aromatic N) is 1. The molecule has 3 N–H and O–H groups in total. The van der Waals surface area contributed by atoms with Gasteiger partial charge in [-0.2, -0.15) is 0 Å². The van der Waals surface area contributed by atoms with E-state index in [-0.39, 0.29) is 30.1 Å². The van der Waals surface area contributed by atoms with Crippen molar-refractivity contribution in [1.82, 2.24) is 0 Å². The van der Waals surface area contributed by atoms with E-state index >= 15 is 0 Å². The van der Waals surface area contributed by atoms with Gasteiger partial charge < -0.3 is 25.3 Å². The highest BCUT2D eigenvalue weighted by molar-refractivity contribution is 14.0. The number of aliphatic imine (C=N–C) groups is 1. The van der Waals surface area contributed by atoms with E-state index in [4.69, 9.17) is 19.9 Å². The first-order valence-electron chi connectivity index (χ1n) is 8.71. The minimum atomic E-state index is 0. The van der Waals surface area contributed by atoms with E-state index in [0.29, 0.717) is 37.6 Å². The highest BCUT2D eigenvalue weighted by Gasteiger charge is 2.30. The molecule has 0 saturated carbocycles. The van der Waals surface area contributed by atoms with Gasteiger partial charge in [0.15, 0.2) is 17.5 Å². The van der Waals surface area contributed by atoms with Gasteiger partial charge >= 0.3 is 0 Å². The van der Waals surface area contributed by atoms with Crippen molar-refractivity contribution in [2.45, 2.75) is 32.8 Å². The number of nitrogens with two attached hydrogens (primary N) is 1. The summed E-state index contributed by atoms with van der Waals surface area (Å²) >= 11 is 0. The molecule has 0 radical (unpaired) electrons. The zero-order valence-corrected chi connectivity index (χ0v) is 17.2. The highest BCUT2D eigenvalue weighted by Crippen LogP contribution is 2.32. The molecule has 2 aliphatic rings. The van der Waals surface area contributed by atoms with Crippen molar-refractivity contribution in [2.24, 2.45) is 22.6 Å². The molecule has 6 nitrogen and oxygen atoms in total. The van der Waals surface area contributed by atoms with Crippen LogP contribution < -0.4 is 20.5 Å². The molecule has 0 aliphatic carbocycles. The lowest BCUT2D eigenvalue weighted by molar-refractivity contribution is 0.0559. The van der Waals surface area contributed by atoms with E-state index in [2.05, 4.69) is 24.2 Å². The lowest BCUT2D eigenvalue weighted by Gasteiger charge is -2.20. The number of benzene rings is 1. The van der Waals surface area contributed by atoms with E-state index < -0.39 is 0 Å². The number of nitrogens with one attached hydrogen (secondary N) is 1. The van der Waals surface area contributed by atoms with Crippen molar-refractivity contribution >= 4 is 35.6 Å². The summed E-state index contributed by atoms with van der Waals surface area (Å²) in [6, 6.07) is 5.72. The van der Waals surface area contributed by atoms with Crippen molar-refractivity contribution < 1.29 is 14.2 Å². The molecule has 1 aromatic rings. The summed E-state index contributed by atoms with van der Waals surface area (Å²) in [6.07, 6.45) is 2.21. The molecule has 3 rings (SSSR count). The first kappa shape index (κ1) is 20.1. The quantitative estimate of drug-likeness (QED) is 0.409. The SMILES string of the molecule is CC(C)C1OCCC1CN=C(N)Nc1ccc2c(c1)OCCCO2.I. The number of rotatable bonds is 4. The molecule has 2 aliphatic heterocycles. The Morgan fingerprint density at radius 1 is 1.24 bits per heavy atom. The van der Waals surface area contributed by atoms with Crippen molar-refractivity contribution in [1.29, 1.82) is 0 Å². The van der Waals surface area contributed by atoms with E-state index in [9.17, 15) is 0 Å². The molecule has 2 atom stereocenters. The molecular weight excluding hydrogens is 433 g/mol. The fraction of sp³-hybridized carbons (Fsp3) is 0.611. The summed E-state index contributed by atoms with van der Waals surface area (Å²) in [5.74, 6) is 2.88. The molecular formula is C18H28IN3O3. The zero-order chi connectivity index (χ0) is 16.9. The smallest absolute Gasteiger partial charge is 0.193 e. The summed E-state index contributed by atoms with van der Waals surface area (Å²) in [6.45, 7) is 7.23. The largest absolute Gasteiger partial charge is 0.490 e. The van der Waals surface area contributed by atoms with E-state index in [1.54, 1.807) is 0 Å². The van der Waals surface area contributed by atoms with Crippen molar-refractivity contribution in [2.75, 3.05) is 31.7 Å². The van der Waals surface area contributed by atoms with Gasteiger partial charge in [0.25, 0.3) is 0 Å². The Morgan fingerprint density at radius 2 is 2.00 bits per heavy atom. The fourth-order valence-electron chi connectivity index (χ4n) is 3.23. The Morgan fingerprint density at radius 3 is 2.76 bits per heavy atom. The Labute approximate surface area is 166 Å². The van der Waals surface area contributed by atoms with Crippen LogP contribution in [0.1, 0.15) is 26.7 Å². The molecule has 25 heavy (non-hydrogen) atoms. The first-order valence-corrected chi connectivity index (χ1v) is 8.71. The third-order valence-corrected chi connectivity index (χ3v) is 4.44. The summed E-state index contributed by atoms with van der Waals surface area (Å²) < 4.78 is 17.1. The summed E-state index contributed by atoms with van der Waals surface area (Å²) in [5.41, 5.74) is 6.89. The maximum Gasteiger partial charge on any atom is 0.193 e. The highest BCUT2D eigenvalue weighted by atomic mass is 127. The molecule has 7 heteroatoms. The van der Waals surface area contributed by atoms with Gasteiger partial charge in [0.1, 0.15) is 0 Å². The van der Waals surface area contributed by atoms with Gasteiger partial charge in [-0.3, -0.25) is 4.99 Å². The minimum absolute atomic E-state index is 0. The van der Waals surface area contributed by atoms with E-state index in [0.717, 1.165) is 36.6 Å². The third-order valence-electron chi connectivity index (χ3n) is 4.44. The average Bonchev–Trinajstić information content (AvgIpc) is 2.91. The lowest BCUT2D eigenvalue weighted by atomic mass is 9.93. The maximum atomic E-state index is 6.04. The van der Waals surface area contributed by atoms with Crippen LogP contribution in [0, 0.1) is 11.8 Å². The van der Waals surface area contributed by atoms with Crippen LogP contribution in [-0.2, 0) is 4.74 Å². The van der Waals surface area contributed by atoms with Crippen LogP contribution >= 0.6 is 24.0 Å². The van der Waals surface area contributed by atoms with E-state index in [1.165, 1.54) is 0 Å². The van der Waals surface area contributed by atoms with Crippen molar-refractivity contribution in [3.8, 4) is 11.5 Å². The monoisotopic (exact) mass is 461 g/mol. The van der Waals surface area contributed by atoms with Crippen LogP contribution in [0.25, 0.3) is 0 Å². The molecule has 2 unspecified atom stereocenters. The summed E-state index contributed by atoms with van der Waals surface area (Å²) in [5, 5.41) is 3.13. The summed E-state index contributed by atoms with van der Waals surface area (Å²) in [4.78, 5) is 4.50. The van der Waals surface area contributed by atoms with Crippen LogP contribution in [-0.4, -0.2) is 38.4 Å². The summed E-state index contributed by atoms with van der Waals surface area (Å²) in [7, 11) is 0. The van der Waals surface area contributed by atoms with Crippen molar-refractivity contribution in [3.63, 3.8) is 0 Å². The molecule has 0 amide bonds. The molecule has 1 fully saturated rings. The Hall–Kier alpha value is -1.22. The molecule has 1 saturated heterocycles. The number of guanidine groups is 1. The van der Waals surface area contributed by atoms with Gasteiger partial charge in [0, 0.05) is 37.2 Å². The van der Waals surface area contributed by atoms with Crippen LogP contribution in [0.2, 0.25) is 0 Å². The number of hydrogen-bond donors (Lipinski definition) is 2. The Bertz CT molecular complexity index is 595. The molecule has 1 aromatic carbocycles. The van der Waals surface area contributed by atoms with E-state index in [1.807, 2.05) is 18.2 Å². The molecule has 2 heterocycles. The molecule has 0 aromatic heterocycles. The predicted molar refractivity (Wildman–Crippen MR) is 110 cm³/mol. The number of anilines is 1. The second-order valence-corrected chi connectivity index (χ2v) is 6.69. The normalized spacial score (nSPS) is 23.1. The zero-order valence-electron chi connectivity index (χ0n) is 14.9. The van der Waals surface area contributed by atoms with Crippen LogP contribution in [0.3, 0.4) is 0 Å². The third kappa shape index (κ3) is 5.37. The fourth-order valence-corrected chi connectivity index (χ4v) is 3.23. The minimum Gasteiger partial charge on any atom is -0.490 e. The topological polar surface area (TPSA) is 78.1 Å². The number of halogens is 1. The molecule has 140 valence electrons. The standard InChI is InChI=1S/C18H27N3O3.HI/c1-12(2)17-13(6-9-24-17)11-20-18(19)21-14-4-5-15-16(10-14)23-8-3-7-22-15;/h4-5,10,12-13,17H,3,6-9,11H2,1-2H3,(H3,19,20,21);1H. The first-order chi connectivity index (χ1) is 11.6. The number of hydrogen-bond acceptors (Lipinski definition) is 4. The Kier molecular flexibility index (Phi) is 7.61. The van der Waals surface area contributed by atoms with Crippen molar-refractivity contribution in [3.05, 3.63) is 18.2 Å². The second kappa shape index (κ2) is 9.47. The molecule has 0 spiro atoms. The Balaban J connectivity index is 0.00000225. The van der Waals surface area contributed by atoms with Gasteiger partial charge in [-0.1, -0.05) is 13.8 Å². The average molecular weight is 461 g/mol. The second-order valence-electron chi connectivity index (χ2n) is 6.69. The lowest BCUT2D eigenvalue weighted by Crippen LogP contribution is -2.27. The van der Waals surface area contributed by atoms with Gasteiger partial charge in [0.2, 0.25) is 0 Å². The molecule has 0 bridgehead atoms.